The van der Waals surface area contributed by atoms with E-state index in [2.05, 4.69) is 12.2 Å². The van der Waals surface area contributed by atoms with Crippen molar-refractivity contribution >= 4 is 11.7 Å². The van der Waals surface area contributed by atoms with Gasteiger partial charge in [-0.1, -0.05) is 13.8 Å². The van der Waals surface area contributed by atoms with E-state index in [4.69, 9.17) is 9.47 Å². The summed E-state index contributed by atoms with van der Waals surface area (Å²) >= 11 is 0. The van der Waals surface area contributed by atoms with E-state index >= 15 is 0 Å². The highest BCUT2D eigenvalue weighted by Gasteiger charge is 2.28. The van der Waals surface area contributed by atoms with Gasteiger partial charge >= 0.3 is 0 Å². The standard InChI is InChI=1S/C22H41NO4.H2/c1-5-18(4)22(25)19-10-12-20(13-11-19)23-21(24)9-8-15-26-14-6-7-16-27-17(2)3;/h17-20H,5-16H2,1-4H3,(H,23,24);1H. The predicted octanol–water partition coefficient (Wildman–Crippen LogP) is 4.52. The summed E-state index contributed by atoms with van der Waals surface area (Å²) in [4.78, 5) is 24.3. The van der Waals surface area contributed by atoms with Crippen molar-refractivity contribution < 1.29 is 20.5 Å². The molecule has 0 aromatic carbocycles. The second kappa shape index (κ2) is 14.1. The zero-order valence-corrected chi connectivity index (χ0v) is 17.9. The zero-order valence-electron chi connectivity index (χ0n) is 17.9. The maximum Gasteiger partial charge on any atom is 0.220 e. The Morgan fingerprint density at radius 2 is 1.63 bits per heavy atom. The third-order valence-corrected chi connectivity index (χ3v) is 5.42. The molecule has 0 aromatic heterocycles. The molecule has 0 spiro atoms. The van der Waals surface area contributed by atoms with Crippen LogP contribution in [0.2, 0.25) is 0 Å². The normalized spacial score (nSPS) is 21.2. The van der Waals surface area contributed by atoms with Crippen LogP contribution in [0.5, 0.6) is 0 Å². The van der Waals surface area contributed by atoms with Crippen LogP contribution >= 0.6 is 0 Å². The Kier molecular flexibility index (Phi) is 12.6. The van der Waals surface area contributed by atoms with E-state index in [1.165, 1.54) is 0 Å². The Morgan fingerprint density at radius 1 is 1.00 bits per heavy atom. The molecule has 1 unspecified atom stereocenters. The molecule has 1 atom stereocenters. The van der Waals surface area contributed by atoms with E-state index in [1.54, 1.807) is 0 Å². The quantitative estimate of drug-likeness (QED) is 0.446. The fraction of sp³-hybridized carbons (Fsp3) is 0.909. The molecule has 0 aliphatic heterocycles. The van der Waals surface area contributed by atoms with Gasteiger partial charge in [-0.2, -0.15) is 0 Å². The molecule has 1 fully saturated rings. The molecular formula is C22H43NO4. The second-order valence-corrected chi connectivity index (χ2v) is 8.17. The first-order valence-electron chi connectivity index (χ1n) is 11.0. The lowest BCUT2D eigenvalue weighted by atomic mass is 9.79. The molecule has 0 bridgehead atoms. The summed E-state index contributed by atoms with van der Waals surface area (Å²) in [6.07, 6.45) is 8.18. The SMILES string of the molecule is CCC(C)C(=O)C1CCC(NC(=O)CCCOCCCCOC(C)C)CC1.[HH]. The first kappa shape index (κ1) is 24.1. The topological polar surface area (TPSA) is 64.6 Å². The third-order valence-electron chi connectivity index (χ3n) is 5.42. The van der Waals surface area contributed by atoms with Gasteiger partial charge in [-0.05, 0) is 65.2 Å². The summed E-state index contributed by atoms with van der Waals surface area (Å²) in [5.74, 6) is 0.896. The number of unbranched alkanes of at least 4 members (excludes halogenated alkanes) is 1. The monoisotopic (exact) mass is 385 g/mol. The minimum atomic E-state index is 0. The van der Waals surface area contributed by atoms with Crippen molar-refractivity contribution in [2.45, 2.75) is 97.6 Å². The van der Waals surface area contributed by atoms with Crippen molar-refractivity contribution in [3.63, 3.8) is 0 Å². The summed E-state index contributed by atoms with van der Waals surface area (Å²) in [6, 6.07) is 0.236. The van der Waals surface area contributed by atoms with Crippen molar-refractivity contribution in [3.8, 4) is 0 Å². The Balaban J connectivity index is 0.00000729. The fourth-order valence-corrected chi connectivity index (χ4v) is 3.49. The number of carbonyl (C=O) groups is 2. The molecule has 5 heteroatoms. The maximum atomic E-state index is 12.3. The van der Waals surface area contributed by atoms with Gasteiger partial charge in [0.15, 0.2) is 0 Å². The predicted molar refractivity (Wildman–Crippen MR) is 111 cm³/mol. The Bertz CT molecular complexity index is 423. The average molecular weight is 386 g/mol. The molecular weight excluding hydrogens is 342 g/mol. The highest BCUT2D eigenvalue weighted by molar-refractivity contribution is 5.83. The molecule has 1 N–H and O–H groups in total. The average Bonchev–Trinajstić information content (AvgIpc) is 2.65. The van der Waals surface area contributed by atoms with Crippen molar-refractivity contribution in [3.05, 3.63) is 0 Å². The molecule has 1 aliphatic rings. The van der Waals surface area contributed by atoms with E-state index in [0.717, 1.165) is 64.6 Å². The van der Waals surface area contributed by atoms with Crippen LogP contribution in [0.15, 0.2) is 0 Å². The number of nitrogens with one attached hydrogen (secondary N) is 1. The largest absolute Gasteiger partial charge is 0.381 e. The highest BCUT2D eigenvalue weighted by atomic mass is 16.5. The summed E-state index contributed by atoms with van der Waals surface area (Å²) in [5.41, 5.74) is 0. The van der Waals surface area contributed by atoms with Gasteiger partial charge in [0.25, 0.3) is 0 Å². The van der Waals surface area contributed by atoms with Gasteiger partial charge < -0.3 is 14.8 Å². The summed E-state index contributed by atoms with van der Waals surface area (Å²) in [7, 11) is 0. The van der Waals surface area contributed by atoms with Gasteiger partial charge in [-0.25, -0.2) is 0 Å². The smallest absolute Gasteiger partial charge is 0.220 e. The van der Waals surface area contributed by atoms with Crippen molar-refractivity contribution in [2.24, 2.45) is 11.8 Å². The van der Waals surface area contributed by atoms with Gasteiger partial charge in [0, 0.05) is 45.5 Å². The number of amides is 1. The summed E-state index contributed by atoms with van der Waals surface area (Å²) < 4.78 is 11.1. The number of hydrogen-bond acceptors (Lipinski definition) is 4. The van der Waals surface area contributed by atoms with Crippen LogP contribution in [0, 0.1) is 11.8 Å². The number of rotatable bonds is 14. The fourth-order valence-electron chi connectivity index (χ4n) is 3.49. The first-order valence-corrected chi connectivity index (χ1v) is 11.0. The molecule has 1 saturated carbocycles. The Morgan fingerprint density at radius 3 is 2.26 bits per heavy atom. The molecule has 5 nitrogen and oxygen atoms in total. The van der Waals surface area contributed by atoms with E-state index in [0.29, 0.717) is 24.9 Å². The van der Waals surface area contributed by atoms with Crippen molar-refractivity contribution in [2.75, 3.05) is 19.8 Å². The molecule has 1 amide bonds. The van der Waals surface area contributed by atoms with Crippen LogP contribution in [0.1, 0.15) is 86.9 Å². The van der Waals surface area contributed by atoms with E-state index in [1.807, 2.05) is 20.8 Å². The van der Waals surface area contributed by atoms with Crippen LogP contribution in [0.4, 0.5) is 0 Å². The summed E-state index contributed by atoms with van der Waals surface area (Å²) in [5, 5.41) is 3.13. The van der Waals surface area contributed by atoms with Gasteiger partial charge in [0.2, 0.25) is 5.91 Å². The van der Waals surface area contributed by atoms with Crippen LogP contribution in [0.25, 0.3) is 0 Å². The lowest BCUT2D eigenvalue weighted by Crippen LogP contribution is -2.39. The number of ether oxygens (including phenoxy) is 2. The number of carbonyl (C=O) groups excluding carboxylic acids is 2. The molecule has 0 aromatic rings. The molecule has 1 aliphatic carbocycles. The van der Waals surface area contributed by atoms with Gasteiger partial charge in [-0.15, -0.1) is 0 Å². The number of ketones is 1. The van der Waals surface area contributed by atoms with Gasteiger partial charge in [0.05, 0.1) is 6.10 Å². The number of hydrogen-bond donors (Lipinski definition) is 1. The second-order valence-electron chi connectivity index (χ2n) is 8.17. The third kappa shape index (κ3) is 10.8. The maximum absolute atomic E-state index is 12.3. The Labute approximate surface area is 167 Å². The van der Waals surface area contributed by atoms with E-state index in [-0.39, 0.29) is 25.2 Å². The lowest BCUT2D eigenvalue weighted by molar-refractivity contribution is -0.127. The van der Waals surface area contributed by atoms with Crippen LogP contribution < -0.4 is 5.32 Å². The molecule has 1 rings (SSSR count). The van der Waals surface area contributed by atoms with Crippen LogP contribution in [-0.2, 0) is 19.1 Å². The first-order chi connectivity index (χ1) is 12.9. The summed E-state index contributed by atoms with van der Waals surface area (Å²) in [6.45, 7) is 10.3. The van der Waals surface area contributed by atoms with Gasteiger partial charge in [-0.3, -0.25) is 9.59 Å². The minimum absolute atomic E-state index is 0. The molecule has 160 valence electrons. The zero-order chi connectivity index (χ0) is 20.1. The van der Waals surface area contributed by atoms with E-state index < -0.39 is 0 Å². The molecule has 27 heavy (non-hydrogen) atoms. The molecule has 0 radical (unpaired) electrons. The van der Waals surface area contributed by atoms with Gasteiger partial charge in [0.1, 0.15) is 5.78 Å². The highest BCUT2D eigenvalue weighted by Crippen LogP contribution is 2.28. The number of Topliss-reactive ketones (excluding diaryl/α,β-unsaturated/α-hetero) is 1. The molecule has 0 saturated heterocycles. The lowest BCUT2D eigenvalue weighted by Gasteiger charge is -2.29. The minimum Gasteiger partial charge on any atom is -0.381 e. The van der Waals surface area contributed by atoms with Crippen LogP contribution in [0.3, 0.4) is 0 Å². The van der Waals surface area contributed by atoms with E-state index in [9.17, 15) is 9.59 Å². The van der Waals surface area contributed by atoms with Crippen molar-refractivity contribution in [1.29, 1.82) is 0 Å². The Hall–Kier alpha value is -0.940. The van der Waals surface area contributed by atoms with Crippen LogP contribution in [-0.4, -0.2) is 43.7 Å². The molecule has 0 heterocycles. The van der Waals surface area contributed by atoms with Crippen molar-refractivity contribution in [1.82, 2.24) is 5.32 Å².